The van der Waals surface area contributed by atoms with Gasteiger partial charge in [0.1, 0.15) is 5.60 Å². The molecule has 27 heavy (non-hydrogen) atoms. The minimum absolute atomic E-state index is 0. The normalized spacial score (nSPS) is 15.8. The van der Waals surface area contributed by atoms with Crippen LogP contribution in [0.5, 0.6) is 0 Å². The smallest absolute Gasteiger partial charge is 0.445 e. The zero-order valence-electron chi connectivity index (χ0n) is 16.7. The third-order valence-corrected chi connectivity index (χ3v) is 4.15. The number of nitrogens with one attached hydrogen (secondary N) is 2. The second-order valence-electron chi connectivity index (χ2n) is 7.58. The Hall–Kier alpha value is -0.0987. The molecule has 0 aromatic heterocycles. The van der Waals surface area contributed by atoms with Crippen LogP contribution in [0.2, 0.25) is 0 Å². The molecule has 1 aliphatic heterocycles. The van der Waals surface area contributed by atoms with Crippen molar-refractivity contribution in [1.29, 1.82) is 0 Å². The fourth-order valence-corrected chi connectivity index (χ4v) is 2.81. The van der Waals surface area contributed by atoms with E-state index in [2.05, 4.69) is 15.5 Å². The molecule has 1 aliphatic rings. The van der Waals surface area contributed by atoms with E-state index in [9.17, 15) is 17.7 Å². The van der Waals surface area contributed by atoms with E-state index in [0.29, 0.717) is 17.7 Å². The van der Waals surface area contributed by atoms with Crippen molar-refractivity contribution in [3.63, 3.8) is 0 Å². The SMILES string of the molecule is Cc1c(CN2CCNCC2)cc([B-](F)(F)F)cc1NC(=O)OC(C)(C)C.[K+]. The van der Waals surface area contributed by atoms with Gasteiger partial charge < -0.3 is 23.0 Å². The van der Waals surface area contributed by atoms with E-state index in [4.69, 9.17) is 4.74 Å². The Labute approximate surface area is 201 Å². The quantitative estimate of drug-likeness (QED) is 0.675. The zero-order chi connectivity index (χ0) is 19.5. The number of anilines is 1. The Kier molecular flexibility index (Phi) is 9.32. The summed E-state index contributed by atoms with van der Waals surface area (Å²) in [6.45, 7) is 5.23. The molecule has 0 saturated carbocycles. The number of amides is 1. The Morgan fingerprint density at radius 2 is 1.85 bits per heavy atom. The average Bonchev–Trinajstić information content (AvgIpc) is 2.49. The second kappa shape index (κ2) is 10.1. The third-order valence-electron chi connectivity index (χ3n) is 4.15. The van der Waals surface area contributed by atoms with Crippen molar-refractivity contribution in [2.24, 2.45) is 0 Å². The summed E-state index contributed by atoms with van der Waals surface area (Å²) in [7, 11) is 0. The number of nitrogens with zero attached hydrogens (tertiary/aromatic N) is 1. The monoisotopic (exact) mass is 411 g/mol. The van der Waals surface area contributed by atoms with E-state index in [-0.39, 0.29) is 57.1 Å². The van der Waals surface area contributed by atoms with Crippen molar-refractivity contribution < 1.29 is 73.9 Å². The number of carbonyl (C=O) groups excluding carboxylic acids is 1. The molecule has 1 aromatic carbocycles. The first-order valence-electron chi connectivity index (χ1n) is 8.72. The molecule has 0 bridgehead atoms. The van der Waals surface area contributed by atoms with Crippen molar-refractivity contribution in [1.82, 2.24) is 10.2 Å². The van der Waals surface area contributed by atoms with Crippen LogP contribution in [0.25, 0.3) is 0 Å². The number of ether oxygens (including phenoxy) is 1. The average molecular weight is 411 g/mol. The fraction of sp³-hybridized carbons (Fsp3) is 0.588. The zero-order valence-corrected chi connectivity index (χ0v) is 19.8. The van der Waals surface area contributed by atoms with E-state index in [1.54, 1.807) is 27.7 Å². The van der Waals surface area contributed by atoms with Crippen LogP contribution in [0.3, 0.4) is 0 Å². The first-order chi connectivity index (χ1) is 12.0. The van der Waals surface area contributed by atoms with Crippen molar-refractivity contribution in [3.05, 3.63) is 23.3 Å². The van der Waals surface area contributed by atoms with Gasteiger partial charge in [0.15, 0.2) is 0 Å². The number of hydrogen-bond donors (Lipinski definition) is 2. The fourth-order valence-electron chi connectivity index (χ4n) is 2.81. The molecule has 2 rings (SSSR count). The summed E-state index contributed by atoms with van der Waals surface area (Å²) in [6.07, 6.45) is -0.763. The maximum Gasteiger partial charge on any atom is 1.00 e. The van der Waals surface area contributed by atoms with Crippen LogP contribution in [0, 0.1) is 6.92 Å². The van der Waals surface area contributed by atoms with E-state index in [0.717, 1.165) is 32.2 Å². The Balaban J connectivity index is 0.00000364. The molecule has 0 unspecified atom stereocenters. The van der Waals surface area contributed by atoms with E-state index < -0.39 is 24.1 Å². The summed E-state index contributed by atoms with van der Waals surface area (Å²) in [4.78, 5) is 14.1. The van der Waals surface area contributed by atoms with Crippen LogP contribution >= 0.6 is 0 Å². The maximum absolute atomic E-state index is 13.4. The van der Waals surface area contributed by atoms with Crippen molar-refractivity contribution in [2.45, 2.75) is 39.8 Å². The molecule has 1 aromatic rings. The standard InChI is InChI=1S/C17H26BF3N3O2.K/c1-12-13(11-24-7-5-22-6-8-24)9-14(18(19,20)21)10-15(12)23-16(25)26-17(2,3)4;/h9-10,22H,5-8,11H2,1-4H3,(H,23,25);/q-1;+1. The van der Waals surface area contributed by atoms with Gasteiger partial charge in [0.25, 0.3) is 0 Å². The van der Waals surface area contributed by atoms with Gasteiger partial charge in [0.2, 0.25) is 0 Å². The van der Waals surface area contributed by atoms with E-state index >= 15 is 0 Å². The molecule has 1 fully saturated rings. The van der Waals surface area contributed by atoms with Crippen molar-refractivity contribution in [2.75, 3.05) is 31.5 Å². The minimum Gasteiger partial charge on any atom is -0.445 e. The van der Waals surface area contributed by atoms with E-state index in [1.807, 2.05) is 0 Å². The first kappa shape index (κ1) is 24.9. The van der Waals surface area contributed by atoms with Gasteiger partial charge in [-0.15, -0.1) is 5.46 Å². The van der Waals surface area contributed by atoms with Gasteiger partial charge in [0, 0.05) is 38.4 Å². The number of piperazine rings is 1. The van der Waals surface area contributed by atoms with Gasteiger partial charge in [-0.3, -0.25) is 10.2 Å². The summed E-state index contributed by atoms with van der Waals surface area (Å²) in [6, 6.07) is 2.18. The summed E-state index contributed by atoms with van der Waals surface area (Å²) in [5.74, 6) is 0. The van der Waals surface area contributed by atoms with E-state index in [1.165, 1.54) is 6.07 Å². The molecule has 10 heteroatoms. The molecular formula is C17H26BF3KN3O2. The number of carbonyl (C=O) groups is 1. The molecule has 1 amide bonds. The van der Waals surface area contributed by atoms with Crippen LogP contribution in [-0.2, 0) is 11.3 Å². The molecule has 0 radical (unpaired) electrons. The van der Waals surface area contributed by atoms with Crippen LogP contribution in [0.15, 0.2) is 12.1 Å². The van der Waals surface area contributed by atoms with Crippen LogP contribution in [-0.4, -0.2) is 49.8 Å². The number of benzene rings is 1. The molecule has 0 aliphatic carbocycles. The van der Waals surface area contributed by atoms with Gasteiger partial charge in [0.05, 0.1) is 0 Å². The summed E-state index contributed by atoms with van der Waals surface area (Å²) >= 11 is 0. The predicted molar refractivity (Wildman–Crippen MR) is 97.9 cm³/mol. The number of halogens is 3. The van der Waals surface area contributed by atoms with Crippen LogP contribution < -0.4 is 67.5 Å². The Bertz CT molecular complexity index is 660. The maximum atomic E-state index is 13.4. The molecular weight excluding hydrogens is 385 g/mol. The van der Waals surface area contributed by atoms with Crippen LogP contribution in [0.1, 0.15) is 31.9 Å². The number of hydrogen-bond acceptors (Lipinski definition) is 4. The minimum atomic E-state index is -5.17. The predicted octanol–water partition coefficient (Wildman–Crippen LogP) is -0.194. The van der Waals surface area contributed by atoms with Crippen LogP contribution in [0.4, 0.5) is 23.4 Å². The molecule has 0 atom stereocenters. The molecule has 1 heterocycles. The largest absolute Gasteiger partial charge is 1.00 e. The molecule has 5 nitrogen and oxygen atoms in total. The second-order valence-corrected chi connectivity index (χ2v) is 7.58. The van der Waals surface area contributed by atoms with Gasteiger partial charge in [-0.05, 0) is 38.8 Å². The van der Waals surface area contributed by atoms with Crippen molar-refractivity contribution in [3.8, 4) is 0 Å². The Morgan fingerprint density at radius 3 is 2.37 bits per heavy atom. The van der Waals surface area contributed by atoms with Gasteiger partial charge in [-0.2, -0.15) is 0 Å². The molecule has 1 saturated heterocycles. The van der Waals surface area contributed by atoms with Gasteiger partial charge in [-0.25, -0.2) is 4.79 Å². The number of rotatable bonds is 4. The first-order valence-corrected chi connectivity index (χ1v) is 8.72. The molecule has 146 valence electrons. The molecule has 2 N–H and O–H groups in total. The Morgan fingerprint density at radius 1 is 1.26 bits per heavy atom. The topological polar surface area (TPSA) is 53.6 Å². The summed E-state index contributed by atoms with van der Waals surface area (Å²) < 4.78 is 45.3. The third kappa shape index (κ3) is 8.04. The van der Waals surface area contributed by atoms with Crippen molar-refractivity contribution >= 4 is 24.2 Å². The summed E-state index contributed by atoms with van der Waals surface area (Å²) in [5.41, 5.74) is -0.117. The summed E-state index contributed by atoms with van der Waals surface area (Å²) in [5, 5.41) is 5.69. The van der Waals surface area contributed by atoms with Gasteiger partial charge >= 0.3 is 64.5 Å². The molecule has 0 spiro atoms. The van der Waals surface area contributed by atoms with Gasteiger partial charge in [-0.1, -0.05) is 12.1 Å².